The maximum Gasteiger partial charge on any atom is 0.163 e. The topological polar surface area (TPSA) is 45.8 Å². The second kappa shape index (κ2) is 2.87. The molecule has 2 aromatic heterocycles. The molecule has 0 fully saturated rings. The predicted molar refractivity (Wildman–Crippen MR) is 46.0 cm³/mol. The Bertz CT molecular complexity index is 519. The zero-order chi connectivity index (χ0) is 10.3. The Labute approximate surface area is 77.8 Å². The molecule has 0 aliphatic rings. The van der Waals surface area contributed by atoms with Crippen molar-refractivity contribution in [3.8, 4) is 0 Å². The lowest BCUT2D eigenvalue weighted by molar-refractivity contribution is 0.101. The molecule has 2 heterocycles. The monoisotopic (exact) mass is 196 g/mol. The van der Waals surface area contributed by atoms with Crippen LogP contribution in [0.15, 0.2) is 12.4 Å². The molecule has 0 aliphatic heterocycles. The van der Waals surface area contributed by atoms with Gasteiger partial charge in [0.1, 0.15) is 5.65 Å². The zero-order valence-corrected chi connectivity index (χ0v) is 7.27. The maximum atomic E-state index is 13.2. The molecule has 0 amide bonds. The first-order chi connectivity index (χ1) is 6.61. The average Bonchev–Trinajstić information content (AvgIpc) is 2.47. The highest BCUT2D eigenvalue weighted by molar-refractivity contribution is 6.05. The molecular weight excluding hydrogens is 190 g/mol. The third-order valence-corrected chi connectivity index (χ3v) is 1.96. The number of halogens is 2. The van der Waals surface area contributed by atoms with E-state index in [2.05, 4.69) is 9.97 Å². The predicted octanol–water partition coefficient (Wildman–Crippen LogP) is 2.04. The van der Waals surface area contributed by atoms with Crippen molar-refractivity contribution in [1.82, 2.24) is 9.97 Å². The molecule has 14 heavy (non-hydrogen) atoms. The quantitative estimate of drug-likeness (QED) is 0.709. The Morgan fingerprint density at radius 2 is 2.14 bits per heavy atom. The van der Waals surface area contributed by atoms with Gasteiger partial charge in [-0.3, -0.25) is 4.79 Å². The molecule has 0 atom stereocenters. The van der Waals surface area contributed by atoms with Crippen LogP contribution < -0.4 is 0 Å². The number of Topliss-reactive ketones (excluding diaryl/α,β-unsaturated/α-hetero) is 1. The first kappa shape index (κ1) is 8.80. The van der Waals surface area contributed by atoms with Gasteiger partial charge in [-0.25, -0.2) is 13.8 Å². The van der Waals surface area contributed by atoms with Gasteiger partial charge in [-0.05, 0) is 6.92 Å². The number of rotatable bonds is 1. The number of aromatic amines is 1. The molecule has 5 heteroatoms. The van der Waals surface area contributed by atoms with Crippen molar-refractivity contribution in [3.63, 3.8) is 0 Å². The van der Waals surface area contributed by atoms with Crippen LogP contribution in [0, 0.1) is 11.6 Å². The van der Waals surface area contributed by atoms with Crippen molar-refractivity contribution in [2.75, 3.05) is 0 Å². The molecule has 3 nitrogen and oxygen atoms in total. The minimum atomic E-state index is -0.802. The van der Waals surface area contributed by atoms with Crippen LogP contribution in [0.4, 0.5) is 8.78 Å². The van der Waals surface area contributed by atoms with E-state index in [1.54, 1.807) is 0 Å². The molecule has 1 N–H and O–H groups in total. The molecule has 0 bridgehead atoms. The van der Waals surface area contributed by atoms with E-state index in [1.165, 1.54) is 6.92 Å². The summed E-state index contributed by atoms with van der Waals surface area (Å²) in [6.07, 6.45) is 1.94. The number of pyridine rings is 1. The van der Waals surface area contributed by atoms with Crippen LogP contribution in [0.5, 0.6) is 0 Å². The zero-order valence-electron chi connectivity index (χ0n) is 7.27. The summed E-state index contributed by atoms with van der Waals surface area (Å²) in [5.41, 5.74) is -0.0807. The lowest BCUT2D eigenvalue weighted by atomic mass is 10.1. The fourth-order valence-corrected chi connectivity index (χ4v) is 1.38. The van der Waals surface area contributed by atoms with E-state index in [0.717, 1.165) is 12.4 Å². The fraction of sp³-hybridized carbons (Fsp3) is 0.111. The third-order valence-electron chi connectivity index (χ3n) is 1.96. The molecule has 0 unspecified atom stereocenters. The van der Waals surface area contributed by atoms with E-state index in [1.807, 2.05) is 0 Å². The van der Waals surface area contributed by atoms with Crippen molar-refractivity contribution in [2.45, 2.75) is 6.92 Å². The number of hydrogen-bond donors (Lipinski definition) is 1. The summed E-state index contributed by atoms with van der Waals surface area (Å²) in [6.45, 7) is 1.18. The number of carbonyl (C=O) groups excluding carboxylic acids is 1. The van der Waals surface area contributed by atoms with E-state index in [-0.39, 0.29) is 16.6 Å². The highest BCUT2D eigenvalue weighted by Gasteiger charge is 2.17. The van der Waals surface area contributed by atoms with Gasteiger partial charge in [0.15, 0.2) is 17.4 Å². The van der Waals surface area contributed by atoms with E-state index in [4.69, 9.17) is 0 Å². The highest BCUT2D eigenvalue weighted by atomic mass is 19.1. The van der Waals surface area contributed by atoms with Crippen molar-refractivity contribution in [3.05, 3.63) is 29.6 Å². The number of ketones is 1. The van der Waals surface area contributed by atoms with Gasteiger partial charge in [0.25, 0.3) is 0 Å². The molecule has 0 aromatic carbocycles. The van der Waals surface area contributed by atoms with Gasteiger partial charge in [-0.1, -0.05) is 0 Å². The lowest BCUT2D eigenvalue weighted by Crippen LogP contribution is -1.99. The van der Waals surface area contributed by atoms with E-state index >= 15 is 0 Å². The van der Waals surface area contributed by atoms with Crippen LogP contribution in [0.3, 0.4) is 0 Å². The summed E-state index contributed by atoms with van der Waals surface area (Å²) < 4.78 is 26.3. The summed E-state index contributed by atoms with van der Waals surface area (Å²) in [6, 6.07) is 0. The summed E-state index contributed by atoms with van der Waals surface area (Å²) in [5.74, 6) is -1.99. The largest absolute Gasteiger partial charge is 0.343 e. The molecule has 2 rings (SSSR count). The van der Waals surface area contributed by atoms with Crippen LogP contribution >= 0.6 is 0 Å². The average molecular weight is 196 g/mol. The Hall–Kier alpha value is -1.78. The summed E-state index contributed by atoms with van der Waals surface area (Å²) in [4.78, 5) is 17.2. The number of nitrogens with zero attached hydrogens (tertiary/aromatic N) is 1. The Balaban J connectivity index is 2.94. The van der Waals surface area contributed by atoms with Crippen LogP contribution in [0.25, 0.3) is 11.0 Å². The summed E-state index contributed by atoms with van der Waals surface area (Å²) in [7, 11) is 0. The highest BCUT2D eigenvalue weighted by Crippen LogP contribution is 2.22. The van der Waals surface area contributed by atoms with Crippen LogP contribution in [-0.4, -0.2) is 15.8 Å². The number of carbonyl (C=O) groups is 1. The maximum absolute atomic E-state index is 13.2. The number of fused-ring (bicyclic) bond motifs is 1. The van der Waals surface area contributed by atoms with Gasteiger partial charge < -0.3 is 4.98 Å². The van der Waals surface area contributed by atoms with Gasteiger partial charge in [0.2, 0.25) is 0 Å². The summed E-state index contributed by atoms with van der Waals surface area (Å²) >= 11 is 0. The van der Waals surface area contributed by atoms with Crippen LogP contribution in [-0.2, 0) is 0 Å². The first-order valence-electron chi connectivity index (χ1n) is 3.93. The fourth-order valence-electron chi connectivity index (χ4n) is 1.38. The Morgan fingerprint density at radius 1 is 1.43 bits per heavy atom. The first-order valence-corrected chi connectivity index (χ1v) is 3.93. The Kier molecular flexibility index (Phi) is 1.80. The van der Waals surface area contributed by atoms with Crippen LogP contribution in [0.1, 0.15) is 17.3 Å². The molecule has 0 spiro atoms. The molecule has 0 radical (unpaired) electrons. The van der Waals surface area contributed by atoms with Crippen molar-refractivity contribution in [2.24, 2.45) is 0 Å². The standard InChI is InChI=1S/C9H6F2N2O/c1-4(14)7-5(10)2-12-9-8(7)6(11)3-13-9/h2-3H,1H3,(H,12,13). The second-order valence-electron chi connectivity index (χ2n) is 2.90. The minimum Gasteiger partial charge on any atom is -0.343 e. The summed E-state index contributed by atoms with van der Waals surface area (Å²) in [5, 5.41) is -0.0856. The van der Waals surface area contributed by atoms with E-state index in [9.17, 15) is 13.6 Å². The molecule has 2 aromatic rings. The van der Waals surface area contributed by atoms with E-state index < -0.39 is 17.4 Å². The third kappa shape index (κ3) is 1.09. The molecule has 0 saturated carbocycles. The molecular formula is C9H6F2N2O. The smallest absolute Gasteiger partial charge is 0.163 e. The van der Waals surface area contributed by atoms with Crippen LogP contribution in [0.2, 0.25) is 0 Å². The Morgan fingerprint density at radius 3 is 2.79 bits per heavy atom. The molecule has 72 valence electrons. The number of nitrogens with one attached hydrogen (secondary N) is 1. The minimum absolute atomic E-state index is 0.0856. The van der Waals surface area contributed by atoms with Gasteiger partial charge in [0.05, 0.1) is 17.1 Å². The van der Waals surface area contributed by atoms with Gasteiger partial charge in [-0.2, -0.15) is 0 Å². The normalized spacial score (nSPS) is 10.8. The molecule has 0 aliphatic carbocycles. The van der Waals surface area contributed by atoms with Gasteiger partial charge >= 0.3 is 0 Å². The SMILES string of the molecule is CC(=O)c1c(F)cnc2[nH]cc(F)c12. The number of H-pyrrole nitrogens is 1. The van der Waals surface area contributed by atoms with Crippen molar-refractivity contribution < 1.29 is 13.6 Å². The number of aromatic nitrogens is 2. The van der Waals surface area contributed by atoms with E-state index in [0.29, 0.717) is 0 Å². The number of hydrogen-bond acceptors (Lipinski definition) is 2. The second-order valence-corrected chi connectivity index (χ2v) is 2.90. The molecule has 0 saturated heterocycles. The van der Waals surface area contributed by atoms with Crippen molar-refractivity contribution in [1.29, 1.82) is 0 Å². The van der Waals surface area contributed by atoms with Gasteiger partial charge in [-0.15, -0.1) is 0 Å². The van der Waals surface area contributed by atoms with Crippen molar-refractivity contribution >= 4 is 16.8 Å². The lowest BCUT2D eigenvalue weighted by Gasteiger charge is -1.99. The van der Waals surface area contributed by atoms with Gasteiger partial charge in [0, 0.05) is 6.20 Å².